The van der Waals surface area contributed by atoms with E-state index < -0.39 is 0 Å². The fourth-order valence-electron chi connectivity index (χ4n) is 10.2. The van der Waals surface area contributed by atoms with Crippen LogP contribution in [0.4, 0.5) is 34.1 Å². The minimum atomic E-state index is -0.0137. The molecule has 6 nitrogen and oxygen atoms in total. The molecular formula is C62H48N2O4. The van der Waals surface area contributed by atoms with Crippen molar-refractivity contribution in [3.05, 3.63) is 193 Å². The van der Waals surface area contributed by atoms with Crippen molar-refractivity contribution in [3.8, 4) is 0 Å². The Balaban J connectivity index is 1.04. The van der Waals surface area contributed by atoms with E-state index in [4.69, 9.17) is 17.7 Å². The lowest BCUT2D eigenvalue weighted by Gasteiger charge is -2.27. The molecule has 0 saturated heterocycles. The lowest BCUT2D eigenvalue weighted by molar-refractivity contribution is 0.590. The maximum atomic E-state index is 7.12. The first-order chi connectivity index (χ1) is 32.9. The zero-order chi connectivity index (χ0) is 46.1. The number of hydrogen-bond acceptors (Lipinski definition) is 6. The molecule has 13 rings (SSSR count). The molecule has 9 aromatic carbocycles. The lowest BCUT2D eigenvalue weighted by atomic mass is 9.87. The topological polar surface area (TPSA) is 59.0 Å². The van der Waals surface area contributed by atoms with Crippen molar-refractivity contribution in [1.82, 2.24) is 0 Å². The van der Waals surface area contributed by atoms with Crippen molar-refractivity contribution in [2.24, 2.45) is 0 Å². The smallest absolute Gasteiger partial charge is 0.160 e. The predicted octanol–water partition coefficient (Wildman–Crippen LogP) is 18.8. The molecule has 0 unspecified atom stereocenters. The van der Waals surface area contributed by atoms with Gasteiger partial charge >= 0.3 is 0 Å². The van der Waals surface area contributed by atoms with Gasteiger partial charge in [-0.3, -0.25) is 0 Å². The maximum absolute atomic E-state index is 7.12. The average Bonchev–Trinajstić information content (AvgIpc) is 4.11. The van der Waals surface area contributed by atoms with Crippen LogP contribution in [0.5, 0.6) is 0 Å². The van der Waals surface area contributed by atoms with Gasteiger partial charge < -0.3 is 27.5 Å². The third kappa shape index (κ3) is 6.31. The first kappa shape index (κ1) is 40.1. The van der Waals surface area contributed by atoms with E-state index in [0.717, 1.165) is 122 Å². The van der Waals surface area contributed by atoms with Crippen molar-refractivity contribution in [2.75, 3.05) is 9.80 Å². The Labute approximate surface area is 393 Å². The van der Waals surface area contributed by atoms with Crippen LogP contribution in [-0.2, 0) is 10.8 Å². The zero-order valence-electron chi connectivity index (χ0n) is 38.8. The summed E-state index contributed by atoms with van der Waals surface area (Å²) < 4.78 is 27.1. The molecule has 0 fully saturated rings. The van der Waals surface area contributed by atoms with Crippen LogP contribution in [0.3, 0.4) is 0 Å². The van der Waals surface area contributed by atoms with Crippen LogP contribution in [0.2, 0.25) is 0 Å². The normalized spacial score (nSPS) is 12.6. The fraction of sp³-hybridized carbons (Fsp3) is 0.129. The minimum absolute atomic E-state index is 0.0107. The van der Waals surface area contributed by atoms with E-state index in [0.29, 0.717) is 0 Å². The van der Waals surface area contributed by atoms with Gasteiger partial charge in [-0.05, 0) is 101 Å². The SMILES string of the molecule is CC(C)(C)c1ccc(N(c2ccc3c(c2)oc2ccccc23)c2ccc3c(c2)oc2cc(N(c4ccc(C(C)(C)C)cc4)c4ccc5c(c4)oc4ccccc45)c4oc5ccccc5c4c23)cc1. The first-order valence-electron chi connectivity index (χ1n) is 23.4. The van der Waals surface area contributed by atoms with Crippen LogP contribution in [0.1, 0.15) is 52.7 Å². The van der Waals surface area contributed by atoms with Crippen LogP contribution < -0.4 is 9.80 Å². The van der Waals surface area contributed by atoms with Gasteiger partial charge in [-0.25, -0.2) is 0 Å². The molecular weight excluding hydrogens is 837 g/mol. The molecule has 4 heterocycles. The molecule has 0 aliphatic carbocycles. The molecule has 0 aliphatic heterocycles. The Kier molecular flexibility index (Phi) is 8.63. The van der Waals surface area contributed by atoms with E-state index in [2.05, 4.69) is 203 Å². The summed E-state index contributed by atoms with van der Waals surface area (Å²) in [6, 6.07) is 64.2. The molecule has 0 saturated carbocycles. The molecule has 0 aliphatic rings. The van der Waals surface area contributed by atoms with Gasteiger partial charge in [0.15, 0.2) is 5.58 Å². The molecule has 0 atom stereocenters. The van der Waals surface area contributed by atoms with Gasteiger partial charge in [0, 0.05) is 90.1 Å². The van der Waals surface area contributed by atoms with E-state index in [9.17, 15) is 0 Å². The Hall–Kier alpha value is -8.22. The quantitative estimate of drug-likeness (QED) is 0.166. The van der Waals surface area contributed by atoms with E-state index in [1.54, 1.807) is 0 Å². The Morgan fingerprint density at radius 2 is 0.662 bits per heavy atom. The summed E-state index contributed by atoms with van der Waals surface area (Å²) in [4.78, 5) is 4.57. The second kappa shape index (κ2) is 14.6. The first-order valence-corrected chi connectivity index (χ1v) is 23.4. The monoisotopic (exact) mass is 884 g/mol. The third-order valence-corrected chi connectivity index (χ3v) is 13.8. The van der Waals surface area contributed by atoms with Crippen LogP contribution in [0, 0.1) is 0 Å². The molecule has 0 bridgehead atoms. The molecule has 0 amide bonds. The van der Waals surface area contributed by atoms with Crippen LogP contribution in [-0.4, -0.2) is 0 Å². The van der Waals surface area contributed by atoms with Crippen molar-refractivity contribution in [3.63, 3.8) is 0 Å². The summed E-state index contributed by atoms with van der Waals surface area (Å²) in [5.74, 6) is 0. The van der Waals surface area contributed by atoms with E-state index in [-0.39, 0.29) is 10.8 Å². The number of fused-ring (bicyclic) bond motifs is 13. The summed E-state index contributed by atoms with van der Waals surface area (Å²) in [5, 5.41) is 8.40. The number of nitrogens with zero attached hydrogens (tertiary/aromatic N) is 2. The number of furan rings is 4. The zero-order valence-corrected chi connectivity index (χ0v) is 38.8. The predicted molar refractivity (Wildman–Crippen MR) is 282 cm³/mol. The van der Waals surface area contributed by atoms with Gasteiger partial charge in [0.25, 0.3) is 0 Å². The molecule has 13 aromatic rings. The minimum Gasteiger partial charge on any atom is -0.456 e. The van der Waals surface area contributed by atoms with Crippen LogP contribution in [0.25, 0.3) is 87.8 Å². The molecule has 0 radical (unpaired) electrons. The molecule has 4 aromatic heterocycles. The largest absolute Gasteiger partial charge is 0.456 e. The van der Waals surface area contributed by atoms with E-state index >= 15 is 0 Å². The van der Waals surface area contributed by atoms with Crippen molar-refractivity contribution in [2.45, 2.75) is 52.4 Å². The Bertz CT molecular complexity index is 4110. The highest BCUT2D eigenvalue weighted by molar-refractivity contribution is 6.29. The highest BCUT2D eigenvalue weighted by Crippen LogP contribution is 2.50. The van der Waals surface area contributed by atoms with Crippen molar-refractivity contribution < 1.29 is 17.7 Å². The van der Waals surface area contributed by atoms with Gasteiger partial charge in [0.1, 0.15) is 39.1 Å². The number of benzene rings is 9. The number of anilines is 6. The van der Waals surface area contributed by atoms with Gasteiger partial charge in [-0.2, -0.15) is 0 Å². The lowest BCUT2D eigenvalue weighted by Crippen LogP contribution is -2.13. The second-order valence-corrected chi connectivity index (χ2v) is 20.2. The summed E-state index contributed by atoms with van der Waals surface area (Å²) in [7, 11) is 0. The molecule has 0 spiro atoms. The second-order valence-electron chi connectivity index (χ2n) is 20.2. The Morgan fingerprint density at radius 1 is 0.294 bits per heavy atom. The van der Waals surface area contributed by atoms with Gasteiger partial charge in [-0.15, -0.1) is 0 Å². The van der Waals surface area contributed by atoms with Crippen molar-refractivity contribution >= 4 is 122 Å². The fourth-order valence-corrected chi connectivity index (χ4v) is 10.2. The number of rotatable bonds is 6. The number of hydrogen-bond donors (Lipinski definition) is 0. The standard InChI is InChI=1S/C62H48N2O4/c1-61(2,3)37-19-23-39(24-20-37)63(41-27-30-46-44-13-7-10-16-51(44)65-54(46)33-41)42-29-32-49-56(34-42)67-57-36-50(60-59(58(49)57)48-15-9-12-18-53(48)68-60)64(40-25-21-38(22-26-40)62(4,5)6)43-28-31-47-45-14-8-11-17-52(45)66-55(47)35-43/h7-36H,1-6H3. The highest BCUT2D eigenvalue weighted by Gasteiger charge is 2.27. The molecule has 0 N–H and O–H groups in total. The maximum Gasteiger partial charge on any atom is 0.160 e. The summed E-state index contributed by atoms with van der Waals surface area (Å²) in [5.41, 5.74) is 14.8. The third-order valence-electron chi connectivity index (χ3n) is 13.8. The van der Waals surface area contributed by atoms with Crippen LogP contribution in [0.15, 0.2) is 200 Å². The van der Waals surface area contributed by atoms with E-state index in [1.807, 2.05) is 30.3 Å². The van der Waals surface area contributed by atoms with Gasteiger partial charge in [0.2, 0.25) is 0 Å². The molecule has 330 valence electrons. The summed E-state index contributed by atoms with van der Waals surface area (Å²) in [6.07, 6.45) is 0. The molecule has 6 heteroatoms. The summed E-state index contributed by atoms with van der Waals surface area (Å²) in [6.45, 7) is 13.5. The van der Waals surface area contributed by atoms with Crippen molar-refractivity contribution in [1.29, 1.82) is 0 Å². The molecule has 68 heavy (non-hydrogen) atoms. The highest BCUT2D eigenvalue weighted by atomic mass is 16.3. The summed E-state index contributed by atoms with van der Waals surface area (Å²) >= 11 is 0. The Morgan fingerprint density at radius 3 is 1.18 bits per heavy atom. The van der Waals surface area contributed by atoms with Crippen LogP contribution >= 0.6 is 0 Å². The number of para-hydroxylation sites is 3. The van der Waals surface area contributed by atoms with E-state index in [1.165, 1.54) is 11.1 Å². The average molecular weight is 885 g/mol. The van der Waals surface area contributed by atoms with Gasteiger partial charge in [0.05, 0.1) is 11.4 Å². The van der Waals surface area contributed by atoms with Gasteiger partial charge in [-0.1, -0.05) is 120 Å².